The maximum absolute atomic E-state index is 13.2. The van der Waals surface area contributed by atoms with E-state index in [0.717, 1.165) is 28.9 Å². The van der Waals surface area contributed by atoms with Crippen LogP contribution in [0.15, 0.2) is 53.4 Å². The Hall–Kier alpha value is -2.80. The molecular weight excluding hydrogens is 398 g/mol. The number of carbonyl (C=O) groups excluding carboxylic acids is 3. The van der Waals surface area contributed by atoms with Gasteiger partial charge in [0.1, 0.15) is 6.54 Å². The predicted octanol–water partition coefficient (Wildman–Crippen LogP) is 2.74. The molecule has 2 aliphatic heterocycles. The second-order valence-electron chi connectivity index (χ2n) is 7.68. The van der Waals surface area contributed by atoms with E-state index in [2.05, 4.69) is 5.32 Å². The highest BCUT2D eigenvalue weighted by molar-refractivity contribution is 8.01. The number of para-hydroxylation sites is 1. The first-order valence-electron chi connectivity index (χ1n) is 10.2. The van der Waals surface area contributed by atoms with Crippen molar-refractivity contribution in [2.75, 3.05) is 24.5 Å². The fraction of sp³-hybridized carbons (Fsp3) is 0.348. The Morgan fingerprint density at radius 1 is 1.07 bits per heavy atom. The normalized spacial score (nSPS) is 18.3. The third-order valence-corrected chi connectivity index (χ3v) is 6.68. The smallest absolute Gasteiger partial charge is 0.250 e. The van der Waals surface area contributed by atoms with Gasteiger partial charge in [-0.15, -0.1) is 11.8 Å². The van der Waals surface area contributed by atoms with Crippen molar-refractivity contribution in [3.63, 3.8) is 0 Å². The summed E-state index contributed by atoms with van der Waals surface area (Å²) in [5.74, 6) is -0.721. The number of benzene rings is 2. The number of anilines is 1. The summed E-state index contributed by atoms with van der Waals surface area (Å²) in [6, 6.07) is 15.4. The molecule has 0 aliphatic carbocycles. The van der Waals surface area contributed by atoms with E-state index in [4.69, 9.17) is 0 Å². The van der Waals surface area contributed by atoms with Gasteiger partial charge in [0, 0.05) is 24.5 Å². The Morgan fingerprint density at radius 3 is 2.50 bits per heavy atom. The number of aryl methyl sites for hydroxylation is 1. The highest BCUT2D eigenvalue weighted by Gasteiger charge is 2.41. The minimum atomic E-state index is -0.831. The average Bonchev–Trinajstić information content (AvgIpc) is 3.29. The van der Waals surface area contributed by atoms with Crippen molar-refractivity contribution in [3.05, 3.63) is 59.7 Å². The third kappa shape index (κ3) is 4.36. The fourth-order valence-electron chi connectivity index (χ4n) is 3.75. The lowest BCUT2D eigenvalue weighted by Crippen LogP contribution is -2.51. The minimum absolute atomic E-state index is 0.105. The van der Waals surface area contributed by atoms with Crippen LogP contribution >= 0.6 is 11.8 Å². The molecule has 3 amide bonds. The van der Waals surface area contributed by atoms with Crippen LogP contribution in [-0.2, 0) is 20.9 Å². The van der Waals surface area contributed by atoms with Crippen LogP contribution in [0, 0.1) is 6.92 Å². The first-order chi connectivity index (χ1) is 14.5. The average molecular weight is 424 g/mol. The molecule has 1 unspecified atom stereocenters. The van der Waals surface area contributed by atoms with Gasteiger partial charge in [-0.05, 0) is 37.5 Å². The molecule has 4 rings (SSSR count). The molecule has 7 heteroatoms. The number of amides is 3. The van der Waals surface area contributed by atoms with Crippen LogP contribution in [0.4, 0.5) is 5.69 Å². The first-order valence-corrected chi connectivity index (χ1v) is 11.1. The molecular formula is C23H25N3O3S. The van der Waals surface area contributed by atoms with E-state index in [0.29, 0.717) is 25.3 Å². The Bertz CT molecular complexity index is 954. The standard InChI is InChI=1S/C23H25N3O3S/c1-16-8-10-17(11-9-16)14-24-20(27)15-26-18-6-2-3-7-19(18)30-21(23(26)29)22(28)25-12-4-5-13-25/h2-3,6-11,21H,4-5,12-15H2,1H3,(H,24,27). The Balaban J connectivity index is 1.48. The molecule has 1 N–H and O–H groups in total. The summed E-state index contributed by atoms with van der Waals surface area (Å²) in [6.07, 6.45) is 1.94. The molecule has 0 radical (unpaired) electrons. The van der Waals surface area contributed by atoms with Crippen molar-refractivity contribution in [2.24, 2.45) is 0 Å². The zero-order valence-corrected chi connectivity index (χ0v) is 17.8. The van der Waals surface area contributed by atoms with Gasteiger partial charge in [0.25, 0.3) is 5.91 Å². The van der Waals surface area contributed by atoms with Crippen LogP contribution < -0.4 is 10.2 Å². The molecule has 2 heterocycles. The van der Waals surface area contributed by atoms with Crippen LogP contribution in [0.3, 0.4) is 0 Å². The number of carbonyl (C=O) groups is 3. The largest absolute Gasteiger partial charge is 0.350 e. The predicted molar refractivity (Wildman–Crippen MR) is 117 cm³/mol. The number of hydrogen-bond acceptors (Lipinski definition) is 4. The number of nitrogens with one attached hydrogen (secondary N) is 1. The number of fused-ring (bicyclic) bond motifs is 1. The number of likely N-dealkylation sites (tertiary alicyclic amines) is 1. The van der Waals surface area contributed by atoms with E-state index in [-0.39, 0.29) is 24.3 Å². The number of nitrogens with zero attached hydrogens (tertiary/aromatic N) is 2. The van der Waals surface area contributed by atoms with Gasteiger partial charge in [0.2, 0.25) is 11.8 Å². The summed E-state index contributed by atoms with van der Waals surface area (Å²) in [6.45, 7) is 3.70. The van der Waals surface area contributed by atoms with Crippen molar-refractivity contribution >= 4 is 35.2 Å². The van der Waals surface area contributed by atoms with Crippen molar-refractivity contribution < 1.29 is 14.4 Å². The molecule has 2 aliphatic rings. The summed E-state index contributed by atoms with van der Waals surface area (Å²) >= 11 is 1.29. The van der Waals surface area contributed by atoms with Crippen LogP contribution in [0.25, 0.3) is 0 Å². The maximum atomic E-state index is 13.2. The molecule has 1 atom stereocenters. The van der Waals surface area contributed by atoms with Gasteiger partial charge < -0.3 is 15.1 Å². The van der Waals surface area contributed by atoms with Crippen LogP contribution in [0.2, 0.25) is 0 Å². The summed E-state index contributed by atoms with van der Waals surface area (Å²) in [4.78, 5) is 42.9. The number of thioether (sulfide) groups is 1. The lowest BCUT2D eigenvalue weighted by molar-refractivity contribution is -0.134. The molecule has 0 saturated carbocycles. The lowest BCUT2D eigenvalue weighted by atomic mass is 10.1. The molecule has 2 aromatic rings. The molecule has 0 aromatic heterocycles. The topological polar surface area (TPSA) is 69.7 Å². The number of rotatable bonds is 5. The van der Waals surface area contributed by atoms with E-state index >= 15 is 0 Å². The van der Waals surface area contributed by atoms with Gasteiger partial charge >= 0.3 is 0 Å². The van der Waals surface area contributed by atoms with Gasteiger partial charge in [-0.3, -0.25) is 14.4 Å². The van der Waals surface area contributed by atoms with E-state index in [9.17, 15) is 14.4 Å². The first kappa shape index (κ1) is 20.5. The highest BCUT2D eigenvalue weighted by Crippen LogP contribution is 2.39. The monoisotopic (exact) mass is 423 g/mol. The van der Waals surface area contributed by atoms with Crippen LogP contribution in [0.1, 0.15) is 24.0 Å². The Morgan fingerprint density at radius 2 is 1.77 bits per heavy atom. The summed E-state index contributed by atoms with van der Waals surface area (Å²) in [5.41, 5.74) is 2.84. The molecule has 2 aromatic carbocycles. The number of hydrogen-bond donors (Lipinski definition) is 1. The summed E-state index contributed by atoms with van der Waals surface area (Å²) in [5, 5.41) is 2.05. The van der Waals surface area contributed by atoms with E-state index < -0.39 is 5.25 Å². The molecule has 30 heavy (non-hydrogen) atoms. The van der Waals surface area contributed by atoms with Crippen LogP contribution in [0.5, 0.6) is 0 Å². The van der Waals surface area contributed by atoms with Crippen LogP contribution in [-0.4, -0.2) is 47.5 Å². The zero-order chi connectivity index (χ0) is 21.1. The third-order valence-electron chi connectivity index (χ3n) is 5.45. The van der Waals surface area contributed by atoms with Crippen molar-refractivity contribution in [2.45, 2.75) is 36.5 Å². The van der Waals surface area contributed by atoms with Gasteiger partial charge in [0.05, 0.1) is 5.69 Å². The Labute approximate surface area is 180 Å². The molecule has 1 saturated heterocycles. The summed E-state index contributed by atoms with van der Waals surface area (Å²) < 4.78 is 0. The van der Waals surface area contributed by atoms with Crippen molar-refractivity contribution in [1.29, 1.82) is 0 Å². The van der Waals surface area contributed by atoms with Crippen molar-refractivity contribution in [3.8, 4) is 0 Å². The van der Waals surface area contributed by atoms with Gasteiger partial charge in [-0.1, -0.05) is 42.0 Å². The van der Waals surface area contributed by atoms with E-state index in [1.165, 1.54) is 16.7 Å². The highest BCUT2D eigenvalue weighted by atomic mass is 32.2. The molecule has 156 valence electrons. The minimum Gasteiger partial charge on any atom is -0.350 e. The zero-order valence-electron chi connectivity index (χ0n) is 17.0. The van der Waals surface area contributed by atoms with Gasteiger partial charge in [-0.25, -0.2) is 0 Å². The molecule has 1 fully saturated rings. The summed E-state index contributed by atoms with van der Waals surface area (Å²) in [7, 11) is 0. The lowest BCUT2D eigenvalue weighted by Gasteiger charge is -2.34. The second-order valence-corrected chi connectivity index (χ2v) is 8.83. The fourth-order valence-corrected chi connectivity index (χ4v) is 4.93. The van der Waals surface area contributed by atoms with E-state index in [1.54, 1.807) is 4.90 Å². The van der Waals surface area contributed by atoms with E-state index in [1.807, 2.05) is 55.5 Å². The quantitative estimate of drug-likeness (QED) is 0.751. The van der Waals surface area contributed by atoms with Gasteiger partial charge in [0.15, 0.2) is 5.25 Å². The van der Waals surface area contributed by atoms with Crippen molar-refractivity contribution in [1.82, 2.24) is 10.2 Å². The van der Waals surface area contributed by atoms with Gasteiger partial charge in [-0.2, -0.15) is 0 Å². The molecule has 0 spiro atoms. The molecule has 6 nitrogen and oxygen atoms in total. The molecule has 0 bridgehead atoms. The Kier molecular flexibility index (Phi) is 6.08. The maximum Gasteiger partial charge on any atom is 0.250 e. The second kappa shape index (κ2) is 8.92. The SMILES string of the molecule is Cc1ccc(CNC(=O)CN2C(=O)C(C(=O)N3CCCC3)Sc3ccccc32)cc1.